The van der Waals surface area contributed by atoms with E-state index in [1.165, 1.54) is 12.1 Å². The van der Waals surface area contributed by atoms with E-state index in [0.29, 0.717) is 5.56 Å². The van der Waals surface area contributed by atoms with Gasteiger partial charge in [-0.2, -0.15) is 0 Å². The molecule has 0 aliphatic heterocycles. The molecule has 128 valence electrons. The lowest BCUT2D eigenvalue weighted by atomic mass is 10.0. The number of sulfonamides is 1. The van der Waals surface area contributed by atoms with Crippen LogP contribution in [-0.2, 0) is 10.0 Å². The van der Waals surface area contributed by atoms with Crippen molar-refractivity contribution in [3.05, 3.63) is 68.8 Å². The molecule has 2 aromatic carbocycles. The predicted octanol–water partition coefficient (Wildman–Crippen LogP) is 3.56. The summed E-state index contributed by atoms with van der Waals surface area (Å²) in [6.07, 6.45) is 0. The van der Waals surface area contributed by atoms with E-state index in [0.717, 1.165) is 22.8 Å². The highest BCUT2D eigenvalue weighted by Crippen LogP contribution is 2.25. The number of non-ortho nitro benzene ring substituents is 1. The lowest BCUT2D eigenvalue weighted by Crippen LogP contribution is -2.28. The number of nitro benzene ring substituents is 1. The predicted molar refractivity (Wildman–Crippen MR) is 92.5 cm³/mol. The summed E-state index contributed by atoms with van der Waals surface area (Å²) in [7, 11) is -3.88. The zero-order chi connectivity index (χ0) is 18.1. The lowest BCUT2D eigenvalue weighted by Gasteiger charge is -2.18. The molecule has 0 heterocycles. The van der Waals surface area contributed by atoms with Gasteiger partial charge in [-0.25, -0.2) is 13.1 Å². The Bertz CT molecular complexity index is 891. The molecule has 0 aliphatic rings. The monoisotopic (exact) mass is 348 g/mol. The molecule has 0 saturated carbocycles. The Balaban J connectivity index is 2.37. The second kappa shape index (κ2) is 6.70. The smallest absolute Gasteiger partial charge is 0.258 e. The normalized spacial score (nSPS) is 12.8. The van der Waals surface area contributed by atoms with Crippen molar-refractivity contribution in [1.29, 1.82) is 0 Å². The third-order valence-corrected chi connectivity index (χ3v) is 5.58. The first kappa shape index (κ1) is 18.1. The van der Waals surface area contributed by atoms with Gasteiger partial charge in [-0.3, -0.25) is 10.1 Å². The molecule has 2 aromatic rings. The van der Waals surface area contributed by atoms with Crippen molar-refractivity contribution >= 4 is 15.7 Å². The third kappa shape index (κ3) is 3.80. The van der Waals surface area contributed by atoms with Crippen LogP contribution < -0.4 is 4.72 Å². The van der Waals surface area contributed by atoms with Crippen molar-refractivity contribution < 1.29 is 13.3 Å². The van der Waals surface area contributed by atoms with Gasteiger partial charge in [-0.15, -0.1) is 0 Å². The second-order valence-corrected chi connectivity index (χ2v) is 7.59. The molecule has 0 saturated heterocycles. The van der Waals surface area contributed by atoms with Crippen molar-refractivity contribution in [2.45, 2.75) is 38.6 Å². The van der Waals surface area contributed by atoms with Crippen LogP contribution in [0.5, 0.6) is 0 Å². The van der Waals surface area contributed by atoms with Crippen LogP contribution in [0.15, 0.2) is 41.3 Å². The molecule has 6 nitrogen and oxygen atoms in total. The quantitative estimate of drug-likeness (QED) is 0.661. The molecule has 0 amide bonds. The van der Waals surface area contributed by atoms with Gasteiger partial charge in [0.05, 0.1) is 9.82 Å². The molecule has 0 spiro atoms. The Morgan fingerprint density at radius 2 is 1.71 bits per heavy atom. The van der Waals surface area contributed by atoms with E-state index in [4.69, 9.17) is 0 Å². The summed E-state index contributed by atoms with van der Waals surface area (Å²) in [5.41, 5.74) is 3.16. The van der Waals surface area contributed by atoms with Crippen LogP contribution in [0.1, 0.15) is 35.2 Å². The zero-order valence-electron chi connectivity index (χ0n) is 14.0. The van der Waals surface area contributed by atoms with Gasteiger partial charge in [-0.05, 0) is 44.4 Å². The van der Waals surface area contributed by atoms with E-state index in [2.05, 4.69) is 4.72 Å². The molecule has 24 heavy (non-hydrogen) atoms. The average molecular weight is 348 g/mol. The van der Waals surface area contributed by atoms with Crippen LogP contribution in [-0.4, -0.2) is 13.3 Å². The Labute approximate surface area is 141 Å². The van der Waals surface area contributed by atoms with Crippen molar-refractivity contribution in [2.75, 3.05) is 0 Å². The second-order valence-electron chi connectivity index (χ2n) is 5.91. The van der Waals surface area contributed by atoms with Gasteiger partial charge in [0, 0.05) is 18.2 Å². The van der Waals surface area contributed by atoms with Gasteiger partial charge >= 0.3 is 0 Å². The highest BCUT2D eigenvalue weighted by Gasteiger charge is 2.23. The van der Waals surface area contributed by atoms with Gasteiger partial charge in [0.1, 0.15) is 0 Å². The van der Waals surface area contributed by atoms with Gasteiger partial charge in [-0.1, -0.05) is 29.8 Å². The molecular formula is C17H20N2O4S. The minimum Gasteiger partial charge on any atom is -0.258 e. The van der Waals surface area contributed by atoms with Gasteiger partial charge in [0.25, 0.3) is 5.69 Å². The Morgan fingerprint density at radius 1 is 1.04 bits per heavy atom. The van der Waals surface area contributed by atoms with Crippen LogP contribution in [0.4, 0.5) is 5.69 Å². The first-order chi connectivity index (χ1) is 11.1. The summed E-state index contributed by atoms with van der Waals surface area (Å²) >= 11 is 0. The highest BCUT2D eigenvalue weighted by atomic mass is 32.2. The molecule has 7 heteroatoms. The van der Waals surface area contributed by atoms with Crippen LogP contribution >= 0.6 is 0 Å². The van der Waals surface area contributed by atoms with Crippen LogP contribution in [0.25, 0.3) is 0 Å². The molecule has 0 bridgehead atoms. The summed E-state index contributed by atoms with van der Waals surface area (Å²) in [4.78, 5) is 10.2. The first-order valence-electron chi connectivity index (χ1n) is 7.46. The molecule has 2 rings (SSSR count). The fraction of sp³-hybridized carbons (Fsp3) is 0.294. The average Bonchev–Trinajstić information content (AvgIpc) is 2.46. The topological polar surface area (TPSA) is 89.3 Å². The van der Waals surface area contributed by atoms with E-state index in [9.17, 15) is 18.5 Å². The van der Waals surface area contributed by atoms with E-state index >= 15 is 0 Å². The Morgan fingerprint density at radius 3 is 2.29 bits per heavy atom. The molecule has 0 aliphatic carbocycles. The van der Waals surface area contributed by atoms with Crippen LogP contribution in [0.2, 0.25) is 0 Å². The summed E-state index contributed by atoms with van der Waals surface area (Å²) < 4.78 is 27.9. The summed E-state index contributed by atoms with van der Waals surface area (Å²) in [6.45, 7) is 7.26. The molecule has 0 fully saturated rings. The van der Waals surface area contributed by atoms with Gasteiger partial charge < -0.3 is 0 Å². The fourth-order valence-corrected chi connectivity index (χ4v) is 4.15. The molecule has 0 radical (unpaired) electrons. The SMILES string of the molecule is Cc1ccc([C@H](C)NS(=O)(=O)c2cc([N+](=O)[O-])ccc2C)c(C)c1. The number of nitrogens with zero attached hydrogens (tertiary/aromatic N) is 1. The highest BCUT2D eigenvalue weighted by molar-refractivity contribution is 7.89. The maximum absolute atomic E-state index is 12.7. The largest absolute Gasteiger partial charge is 0.270 e. The molecule has 1 atom stereocenters. The van der Waals surface area contributed by atoms with E-state index in [1.807, 2.05) is 32.0 Å². The van der Waals surface area contributed by atoms with Crippen LogP contribution in [0, 0.1) is 30.9 Å². The third-order valence-electron chi connectivity index (χ3n) is 3.90. The first-order valence-corrected chi connectivity index (χ1v) is 8.94. The number of nitro groups is 1. The van der Waals surface area contributed by atoms with E-state index in [1.54, 1.807) is 13.8 Å². The number of rotatable bonds is 5. The summed E-state index contributed by atoms with van der Waals surface area (Å²) in [5, 5.41) is 10.9. The van der Waals surface area contributed by atoms with Crippen molar-refractivity contribution in [3.63, 3.8) is 0 Å². The van der Waals surface area contributed by atoms with E-state index < -0.39 is 21.0 Å². The summed E-state index contributed by atoms with van der Waals surface area (Å²) in [5.74, 6) is 0. The minimum absolute atomic E-state index is 0.0756. The van der Waals surface area contributed by atoms with Gasteiger partial charge in [0.2, 0.25) is 10.0 Å². The van der Waals surface area contributed by atoms with Crippen LogP contribution in [0.3, 0.4) is 0 Å². The number of aryl methyl sites for hydroxylation is 3. The standard InChI is InChI=1S/C17H20N2O4S/c1-11-5-8-16(13(3)9-11)14(4)18-24(22,23)17-10-15(19(20)21)7-6-12(17)2/h5-10,14,18H,1-4H3/t14-/m0/s1. The van der Waals surface area contributed by atoms with Crippen molar-refractivity contribution in [1.82, 2.24) is 4.72 Å². The Hall–Kier alpha value is -2.25. The molecular weight excluding hydrogens is 328 g/mol. The summed E-state index contributed by atoms with van der Waals surface area (Å²) in [6, 6.07) is 9.17. The number of benzene rings is 2. The Kier molecular flexibility index (Phi) is 5.05. The number of hydrogen-bond acceptors (Lipinski definition) is 4. The minimum atomic E-state index is -3.88. The van der Waals surface area contributed by atoms with Crippen molar-refractivity contribution in [2.24, 2.45) is 0 Å². The lowest BCUT2D eigenvalue weighted by molar-refractivity contribution is -0.385. The fourth-order valence-electron chi connectivity index (χ4n) is 2.66. The van der Waals surface area contributed by atoms with Crippen molar-refractivity contribution in [3.8, 4) is 0 Å². The molecule has 0 aromatic heterocycles. The maximum Gasteiger partial charge on any atom is 0.270 e. The zero-order valence-corrected chi connectivity index (χ0v) is 14.8. The number of nitrogens with one attached hydrogen (secondary N) is 1. The number of hydrogen-bond donors (Lipinski definition) is 1. The van der Waals surface area contributed by atoms with Gasteiger partial charge in [0.15, 0.2) is 0 Å². The molecule has 1 N–H and O–H groups in total. The maximum atomic E-state index is 12.7. The molecule has 0 unspecified atom stereocenters. The van der Waals surface area contributed by atoms with E-state index in [-0.39, 0.29) is 10.6 Å².